The minimum atomic E-state index is 0.315. The third kappa shape index (κ3) is 2.96. The van der Waals surface area contributed by atoms with E-state index in [1.54, 1.807) is 0 Å². The van der Waals surface area contributed by atoms with Crippen LogP contribution in [0, 0.1) is 10.8 Å². The average Bonchev–Trinajstić information content (AvgIpc) is 2.63. The summed E-state index contributed by atoms with van der Waals surface area (Å²) >= 11 is 0. The van der Waals surface area contributed by atoms with Crippen LogP contribution in [0.1, 0.15) is 52.5 Å². The SMILES string of the molecule is CCOc1cccc(CN2C[C@@]3(C)C[C@H]2CC(C)(C)C3)c1O. The van der Waals surface area contributed by atoms with Gasteiger partial charge in [0.15, 0.2) is 11.5 Å². The molecule has 1 heterocycles. The predicted octanol–water partition coefficient (Wildman–Crippen LogP) is 4.19. The summed E-state index contributed by atoms with van der Waals surface area (Å²) in [7, 11) is 0. The topological polar surface area (TPSA) is 32.7 Å². The van der Waals surface area contributed by atoms with Crippen molar-refractivity contribution in [3.8, 4) is 11.5 Å². The Morgan fingerprint density at radius 2 is 2.05 bits per heavy atom. The standard InChI is InChI=1S/C19H29NO2/c1-5-22-16-8-6-7-14(17(16)21)11-20-13-19(4)10-15(20)9-18(2,3)12-19/h6-8,15,21H,5,9-13H2,1-4H3/t15-,19+/m1/s1. The highest BCUT2D eigenvalue weighted by Crippen LogP contribution is 2.53. The molecule has 0 radical (unpaired) electrons. The smallest absolute Gasteiger partial charge is 0.162 e. The van der Waals surface area contributed by atoms with E-state index < -0.39 is 0 Å². The summed E-state index contributed by atoms with van der Waals surface area (Å²) in [5, 5.41) is 10.4. The van der Waals surface area contributed by atoms with Crippen molar-refractivity contribution >= 4 is 0 Å². The van der Waals surface area contributed by atoms with Gasteiger partial charge >= 0.3 is 0 Å². The van der Waals surface area contributed by atoms with Gasteiger partial charge in [0.05, 0.1) is 6.61 Å². The first-order valence-corrected chi connectivity index (χ1v) is 8.50. The molecule has 0 spiro atoms. The lowest BCUT2D eigenvalue weighted by Gasteiger charge is -2.40. The molecule has 1 N–H and O–H groups in total. The number of hydrogen-bond acceptors (Lipinski definition) is 3. The molecule has 0 aromatic heterocycles. The molecule has 1 aromatic carbocycles. The fraction of sp³-hybridized carbons (Fsp3) is 0.684. The lowest BCUT2D eigenvalue weighted by atomic mass is 9.65. The van der Waals surface area contributed by atoms with Crippen molar-refractivity contribution in [2.45, 2.75) is 59.5 Å². The Bertz CT molecular complexity index is 554. The minimum absolute atomic E-state index is 0.315. The zero-order chi connectivity index (χ0) is 16.0. The Kier molecular flexibility index (Phi) is 3.88. The summed E-state index contributed by atoms with van der Waals surface area (Å²) in [6.45, 7) is 11.7. The molecule has 1 saturated heterocycles. The fourth-order valence-electron chi connectivity index (χ4n) is 4.95. The second-order valence-corrected chi connectivity index (χ2v) is 8.32. The lowest BCUT2D eigenvalue weighted by molar-refractivity contribution is 0.126. The number of benzene rings is 1. The summed E-state index contributed by atoms with van der Waals surface area (Å²) in [5.74, 6) is 0.920. The first-order chi connectivity index (χ1) is 10.3. The van der Waals surface area contributed by atoms with E-state index in [1.807, 2.05) is 25.1 Å². The Morgan fingerprint density at radius 1 is 1.27 bits per heavy atom. The number of phenols is 1. The molecule has 3 rings (SSSR count). The van der Waals surface area contributed by atoms with E-state index in [4.69, 9.17) is 4.74 Å². The van der Waals surface area contributed by atoms with Crippen LogP contribution in [0.3, 0.4) is 0 Å². The van der Waals surface area contributed by atoms with Gasteiger partial charge < -0.3 is 9.84 Å². The van der Waals surface area contributed by atoms with Crippen molar-refractivity contribution in [2.75, 3.05) is 13.2 Å². The second-order valence-electron chi connectivity index (χ2n) is 8.32. The molecule has 1 aliphatic heterocycles. The quantitative estimate of drug-likeness (QED) is 0.905. The third-order valence-electron chi connectivity index (χ3n) is 5.28. The van der Waals surface area contributed by atoms with Crippen LogP contribution in [-0.2, 0) is 6.54 Å². The summed E-state index contributed by atoms with van der Waals surface area (Å²) in [6.07, 6.45) is 3.86. The van der Waals surface area contributed by atoms with Crippen LogP contribution in [0.15, 0.2) is 18.2 Å². The van der Waals surface area contributed by atoms with Gasteiger partial charge in [0.2, 0.25) is 0 Å². The van der Waals surface area contributed by atoms with Crippen LogP contribution in [0.5, 0.6) is 11.5 Å². The van der Waals surface area contributed by atoms with Crippen molar-refractivity contribution in [1.29, 1.82) is 0 Å². The second kappa shape index (κ2) is 5.45. The van der Waals surface area contributed by atoms with Gasteiger partial charge in [-0.25, -0.2) is 0 Å². The molecule has 1 aromatic rings. The van der Waals surface area contributed by atoms with Crippen LogP contribution in [0.2, 0.25) is 0 Å². The number of nitrogens with zero attached hydrogens (tertiary/aromatic N) is 1. The minimum Gasteiger partial charge on any atom is -0.504 e. The van der Waals surface area contributed by atoms with E-state index in [-0.39, 0.29) is 0 Å². The molecule has 0 unspecified atom stereocenters. The molecule has 3 heteroatoms. The zero-order valence-electron chi connectivity index (χ0n) is 14.4. The average molecular weight is 303 g/mol. The maximum atomic E-state index is 10.4. The van der Waals surface area contributed by atoms with Gasteiger partial charge in [-0.3, -0.25) is 4.90 Å². The van der Waals surface area contributed by atoms with E-state index >= 15 is 0 Å². The highest BCUT2D eigenvalue weighted by molar-refractivity contribution is 5.45. The van der Waals surface area contributed by atoms with Crippen LogP contribution < -0.4 is 4.74 Å². The van der Waals surface area contributed by atoms with Gasteiger partial charge in [0.25, 0.3) is 0 Å². The first kappa shape index (κ1) is 15.7. The maximum absolute atomic E-state index is 10.4. The number of aromatic hydroxyl groups is 1. The van der Waals surface area contributed by atoms with Gasteiger partial charge in [-0.1, -0.05) is 32.9 Å². The highest BCUT2D eigenvalue weighted by Gasteiger charge is 2.49. The Balaban J connectivity index is 1.79. The summed E-state index contributed by atoms with van der Waals surface area (Å²) < 4.78 is 5.51. The zero-order valence-corrected chi connectivity index (χ0v) is 14.4. The molecule has 3 nitrogen and oxygen atoms in total. The molecule has 2 atom stereocenters. The number of phenolic OH excluding ortho intramolecular Hbond substituents is 1. The van der Waals surface area contributed by atoms with Crippen LogP contribution in [-0.4, -0.2) is 29.2 Å². The molecule has 22 heavy (non-hydrogen) atoms. The third-order valence-corrected chi connectivity index (χ3v) is 5.28. The summed E-state index contributed by atoms with van der Waals surface area (Å²) in [4.78, 5) is 2.57. The van der Waals surface area contributed by atoms with E-state index in [1.165, 1.54) is 19.3 Å². The lowest BCUT2D eigenvalue weighted by Crippen LogP contribution is -2.34. The normalized spacial score (nSPS) is 30.5. The Labute approximate surface area is 134 Å². The first-order valence-electron chi connectivity index (χ1n) is 8.50. The van der Waals surface area contributed by atoms with Crippen LogP contribution >= 0.6 is 0 Å². The summed E-state index contributed by atoms with van der Waals surface area (Å²) in [5.41, 5.74) is 1.85. The van der Waals surface area contributed by atoms with Crippen molar-refractivity contribution < 1.29 is 9.84 Å². The number of likely N-dealkylation sites (tertiary alicyclic amines) is 1. The van der Waals surface area contributed by atoms with E-state index in [0.29, 0.717) is 35.0 Å². The molecule has 2 fully saturated rings. The van der Waals surface area contributed by atoms with Gasteiger partial charge in [-0.05, 0) is 43.1 Å². The van der Waals surface area contributed by atoms with Crippen molar-refractivity contribution in [3.05, 3.63) is 23.8 Å². The number of para-hydroxylation sites is 1. The van der Waals surface area contributed by atoms with E-state index in [9.17, 15) is 5.11 Å². The fourth-order valence-corrected chi connectivity index (χ4v) is 4.95. The van der Waals surface area contributed by atoms with Crippen molar-refractivity contribution in [2.24, 2.45) is 10.8 Å². The number of fused-ring (bicyclic) bond motifs is 2. The Hall–Kier alpha value is -1.22. The molecular weight excluding hydrogens is 274 g/mol. The molecule has 1 saturated carbocycles. The molecule has 2 bridgehead atoms. The molecule has 122 valence electrons. The van der Waals surface area contributed by atoms with Crippen LogP contribution in [0.4, 0.5) is 0 Å². The number of rotatable bonds is 4. The molecule has 2 aliphatic rings. The summed E-state index contributed by atoms with van der Waals surface area (Å²) in [6, 6.07) is 6.49. The highest BCUT2D eigenvalue weighted by atomic mass is 16.5. The van der Waals surface area contributed by atoms with Gasteiger partial charge in [-0.15, -0.1) is 0 Å². The van der Waals surface area contributed by atoms with Crippen molar-refractivity contribution in [3.63, 3.8) is 0 Å². The van der Waals surface area contributed by atoms with Gasteiger partial charge in [0, 0.05) is 24.7 Å². The molecule has 1 aliphatic carbocycles. The molecular formula is C19H29NO2. The predicted molar refractivity (Wildman–Crippen MR) is 89.2 cm³/mol. The largest absolute Gasteiger partial charge is 0.504 e. The van der Waals surface area contributed by atoms with Gasteiger partial charge in [0.1, 0.15) is 0 Å². The molecule has 0 amide bonds. The van der Waals surface area contributed by atoms with E-state index in [0.717, 1.165) is 18.7 Å². The Morgan fingerprint density at radius 3 is 2.77 bits per heavy atom. The van der Waals surface area contributed by atoms with Crippen molar-refractivity contribution in [1.82, 2.24) is 4.90 Å². The number of ether oxygens (including phenoxy) is 1. The monoisotopic (exact) mass is 303 g/mol. The van der Waals surface area contributed by atoms with Crippen LogP contribution in [0.25, 0.3) is 0 Å². The number of hydrogen-bond donors (Lipinski definition) is 1. The van der Waals surface area contributed by atoms with Gasteiger partial charge in [-0.2, -0.15) is 0 Å². The van der Waals surface area contributed by atoms with E-state index in [2.05, 4.69) is 25.7 Å². The maximum Gasteiger partial charge on any atom is 0.162 e.